The fraction of sp³-hybridized carbons (Fsp3) is 0.250. The van der Waals surface area contributed by atoms with Gasteiger partial charge in [0.05, 0.1) is 12.0 Å². The molecule has 0 spiro atoms. The van der Waals surface area contributed by atoms with Crippen molar-refractivity contribution in [3.63, 3.8) is 0 Å². The second-order valence-corrected chi connectivity index (χ2v) is 4.45. The summed E-state index contributed by atoms with van der Waals surface area (Å²) in [5.74, 6) is 2.21. The number of rotatable bonds is 5. The van der Waals surface area contributed by atoms with Crippen molar-refractivity contribution in [1.82, 2.24) is 9.97 Å². The first-order valence-corrected chi connectivity index (χ1v) is 6.20. The summed E-state index contributed by atoms with van der Waals surface area (Å²) in [6, 6.07) is 10.6. The maximum Gasteiger partial charge on any atom is 0.0923 e. The molecule has 0 atom stereocenters. The van der Waals surface area contributed by atoms with Gasteiger partial charge in [0.2, 0.25) is 0 Å². The van der Waals surface area contributed by atoms with E-state index in [4.69, 9.17) is 0 Å². The van der Waals surface area contributed by atoms with Crippen LogP contribution in [0, 0.1) is 0 Å². The first kappa shape index (κ1) is 10.3. The monoisotopic (exact) mass is 218 g/mol. The lowest BCUT2D eigenvalue weighted by Crippen LogP contribution is -1.89. The largest absolute Gasteiger partial charge is 0.351 e. The normalized spacial score (nSPS) is 10.4. The molecule has 2 aromatic rings. The molecule has 3 heteroatoms. The summed E-state index contributed by atoms with van der Waals surface area (Å²) in [6.07, 6.45) is 4.74. The van der Waals surface area contributed by atoms with Crippen LogP contribution in [0.25, 0.3) is 0 Å². The zero-order valence-electron chi connectivity index (χ0n) is 8.52. The Labute approximate surface area is 94.1 Å². The van der Waals surface area contributed by atoms with E-state index >= 15 is 0 Å². The van der Waals surface area contributed by atoms with Crippen LogP contribution < -0.4 is 0 Å². The summed E-state index contributed by atoms with van der Waals surface area (Å²) < 4.78 is 0. The predicted octanol–water partition coefficient (Wildman–Crippen LogP) is 2.89. The van der Waals surface area contributed by atoms with Gasteiger partial charge in [-0.1, -0.05) is 30.3 Å². The Kier molecular flexibility index (Phi) is 3.85. The van der Waals surface area contributed by atoms with E-state index in [1.54, 1.807) is 6.33 Å². The number of hydrogen-bond acceptors (Lipinski definition) is 2. The zero-order chi connectivity index (χ0) is 10.3. The summed E-state index contributed by atoms with van der Waals surface area (Å²) in [5, 5.41) is 0. The molecule has 1 aromatic carbocycles. The predicted molar refractivity (Wildman–Crippen MR) is 64.9 cm³/mol. The van der Waals surface area contributed by atoms with Gasteiger partial charge in [-0.3, -0.25) is 0 Å². The van der Waals surface area contributed by atoms with Crippen LogP contribution >= 0.6 is 11.8 Å². The van der Waals surface area contributed by atoms with Crippen molar-refractivity contribution < 1.29 is 0 Å². The molecule has 0 fully saturated rings. The maximum absolute atomic E-state index is 4.19. The Bertz CT molecular complexity index is 370. The lowest BCUT2D eigenvalue weighted by Gasteiger charge is -2.00. The first-order valence-electron chi connectivity index (χ1n) is 5.04. The fourth-order valence-corrected chi connectivity index (χ4v) is 2.29. The van der Waals surface area contributed by atoms with Crippen LogP contribution in [0.2, 0.25) is 0 Å². The molecule has 15 heavy (non-hydrogen) atoms. The number of benzene rings is 1. The van der Waals surface area contributed by atoms with Crippen molar-refractivity contribution in [2.45, 2.75) is 12.2 Å². The highest BCUT2D eigenvalue weighted by molar-refractivity contribution is 7.98. The molecule has 2 rings (SSSR count). The molecular weight excluding hydrogens is 204 g/mol. The van der Waals surface area contributed by atoms with E-state index in [9.17, 15) is 0 Å². The summed E-state index contributed by atoms with van der Waals surface area (Å²) >= 11 is 1.95. The SMILES string of the molecule is c1ccc(CSCCc2c[nH]cn2)cc1. The number of thioether (sulfide) groups is 1. The highest BCUT2D eigenvalue weighted by atomic mass is 32.2. The lowest BCUT2D eigenvalue weighted by atomic mass is 10.2. The number of H-pyrrole nitrogens is 1. The number of hydrogen-bond donors (Lipinski definition) is 1. The van der Waals surface area contributed by atoms with Gasteiger partial charge in [0, 0.05) is 18.4 Å². The van der Waals surface area contributed by atoms with Crippen LogP contribution in [0.4, 0.5) is 0 Å². The van der Waals surface area contributed by atoms with Crippen LogP contribution in [-0.4, -0.2) is 15.7 Å². The van der Waals surface area contributed by atoms with E-state index in [0.717, 1.165) is 23.6 Å². The second-order valence-electron chi connectivity index (χ2n) is 3.35. The first-order chi connectivity index (χ1) is 7.45. The number of nitrogens with zero attached hydrogens (tertiary/aromatic N) is 1. The molecule has 0 radical (unpaired) electrons. The molecule has 0 saturated heterocycles. The van der Waals surface area contributed by atoms with Crippen LogP contribution in [0.1, 0.15) is 11.3 Å². The van der Waals surface area contributed by atoms with E-state index in [-0.39, 0.29) is 0 Å². The molecule has 2 nitrogen and oxygen atoms in total. The standard InChI is InChI=1S/C12H14N2S/c1-2-4-11(5-3-1)9-15-7-6-12-8-13-10-14-12/h1-5,8,10H,6-7,9H2,(H,13,14). The average Bonchev–Trinajstić information content (AvgIpc) is 2.79. The van der Waals surface area contributed by atoms with Crippen LogP contribution in [-0.2, 0) is 12.2 Å². The fourth-order valence-electron chi connectivity index (χ4n) is 1.37. The molecule has 0 aliphatic rings. The molecule has 0 unspecified atom stereocenters. The zero-order valence-corrected chi connectivity index (χ0v) is 9.33. The van der Waals surface area contributed by atoms with Gasteiger partial charge in [-0.15, -0.1) is 0 Å². The molecular formula is C12H14N2S. The van der Waals surface area contributed by atoms with Gasteiger partial charge in [-0.2, -0.15) is 11.8 Å². The highest BCUT2D eigenvalue weighted by Crippen LogP contribution is 2.12. The lowest BCUT2D eigenvalue weighted by molar-refractivity contribution is 1.07. The van der Waals surface area contributed by atoms with E-state index in [2.05, 4.69) is 40.3 Å². The average molecular weight is 218 g/mol. The topological polar surface area (TPSA) is 28.7 Å². The Balaban J connectivity index is 1.68. The van der Waals surface area contributed by atoms with Gasteiger partial charge in [0.15, 0.2) is 0 Å². The Morgan fingerprint density at radius 2 is 2.07 bits per heavy atom. The third-order valence-electron chi connectivity index (χ3n) is 2.17. The molecule has 0 amide bonds. The van der Waals surface area contributed by atoms with Gasteiger partial charge in [-0.25, -0.2) is 4.98 Å². The molecule has 0 aliphatic heterocycles. The number of imidazole rings is 1. The van der Waals surface area contributed by atoms with Crippen molar-refractivity contribution in [2.24, 2.45) is 0 Å². The molecule has 1 N–H and O–H groups in total. The van der Waals surface area contributed by atoms with Crippen molar-refractivity contribution in [2.75, 3.05) is 5.75 Å². The molecule has 1 aromatic heterocycles. The third kappa shape index (κ3) is 3.44. The summed E-state index contributed by atoms with van der Waals surface area (Å²) in [4.78, 5) is 7.16. The van der Waals surface area contributed by atoms with Gasteiger partial charge in [-0.05, 0) is 11.3 Å². The summed E-state index contributed by atoms with van der Waals surface area (Å²) in [5.41, 5.74) is 2.54. The highest BCUT2D eigenvalue weighted by Gasteiger charge is 1.95. The minimum Gasteiger partial charge on any atom is -0.351 e. The number of aromatic amines is 1. The van der Waals surface area contributed by atoms with Crippen molar-refractivity contribution in [3.05, 3.63) is 54.1 Å². The molecule has 0 saturated carbocycles. The van der Waals surface area contributed by atoms with Crippen LogP contribution in [0.3, 0.4) is 0 Å². The Morgan fingerprint density at radius 3 is 2.80 bits per heavy atom. The third-order valence-corrected chi connectivity index (χ3v) is 3.20. The number of aromatic nitrogens is 2. The summed E-state index contributed by atoms with van der Waals surface area (Å²) in [6.45, 7) is 0. The van der Waals surface area contributed by atoms with Gasteiger partial charge >= 0.3 is 0 Å². The Morgan fingerprint density at radius 1 is 1.20 bits per heavy atom. The van der Waals surface area contributed by atoms with E-state index in [1.165, 1.54) is 5.56 Å². The number of nitrogens with one attached hydrogen (secondary N) is 1. The molecule has 0 aliphatic carbocycles. The maximum atomic E-state index is 4.19. The van der Waals surface area contributed by atoms with Crippen LogP contribution in [0.15, 0.2) is 42.9 Å². The van der Waals surface area contributed by atoms with E-state index in [0.29, 0.717) is 0 Å². The van der Waals surface area contributed by atoms with Crippen molar-refractivity contribution in [3.8, 4) is 0 Å². The second kappa shape index (κ2) is 5.61. The smallest absolute Gasteiger partial charge is 0.0923 e. The molecule has 0 bridgehead atoms. The van der Waals surface area contributed by atoms with E-state index < -0.39 is 0 Å². The minimum absolute atomic E-state index is 1.04. The van der Waals surface area contributed by atoms with Crippen molar-refractivity contribution >= 4 is 11.8 Å². The van der Waals surface area contributed by atoms with Gasteiger partial charge in [0.1, 0.15) is 0 Å². The van der Waals surface area contributed by atoms with Gasteiger partial charge in [0.25, 0.3) is 0 Å². The summed E-state index contributed by atoms with van der Waals surface area (Å²) in [7, 11) is 0. The quantitative estimate of drug-likeness (QED) is 0.782. The molecule has 78 valence electrons. The van der Waals surface area contributed by atoms with Gasteiger partial charge < -0.3 is 4.98 Å². The minimum atomic E-state index is 1.04. The van der Waals surface area contributed by atoms with Crippen molar-refractivity contribution in [1.29, 1.82) is 0 Å². The van der Waals surface area contributed by atoms with Crippen LogP contribution in [0.5, 0.6) is 0 Å². The molecule has 1 heterocycles. The number of aryl methyl sites for hydroxylation is 1. The van der Waals surface area contributed by atoms with E-state index in [1.807, 2.05) is 18.0 Å². The Hall–Kier alpha value is -1.22.